The Morgan fingerprint density at radius 1 is 0.409 bits per heavy atom. The van der Waals surface area contributed by atoms with Crippen LogP contribution in [0.1, 0.15) is 322 Å². The molecule has 0 aliphatic heterocycles. The monoisotopic (exact) mass is 930 g/mol. The van der Waals surface area contributed by atoms with Gasteiger partial charge in [-0.2, -0.15) is 0 Å². The first kappa shape index (κ1) is 64.3. The Labute approximate surface area is 411 Å². The van der Waals surface area contributed by atoms with Crippen molar-refractivity contribution < 1.29 is 24.5 Å². The van der Waals surface area contributed by atoms with Crippen LogP contribution in [0.5, 0.6) is 0 Å². The van der Waals surface area contributed by atoms with Crippen molar-refractivity contribution >= 4 is 11.9 Å². The fourth-order valence-electron chi connectivity index (χ4n) is 9.16. The number of allylic oxidation sites excluding steroid dienone is 3. The molecule has 0 fully saturated rings. The second-order valence-electron chi connectivity index (χ2n) is 20.3. The van der Waals surface area contributed by atoms with Crippen LogP contribution in [0, 0.1) is 0 Å². The standard InChI is InChI=1S/C60H115NO5/c1-3-5-7-9-11-13-15-17-18-19-24-27-30-34-38-42-46-50-54-60(65)66-55-51-47-43-39-35-31-28-25-22-20-21-23-26-29-33-37-41-45-49-53-59(64)61-57(56-62)58(63)52-48-44-40-36-32-16-14-12-10-8-6-4-2/h18-19,48,52,57-58,62-63H,3-17,20-47,49-51,53-56H2,1-2H3,(H,61,64)/b19-18-,52-48+. The molecule has 0 aromatic rings. The molecule has 66 heavy (non-hydrogen) atoms. The largest absolute Gasteiger partial charge is 0.466 e. The maximum absolute atomic E-state index is 12.4. The third-order valence-corrected chi connectivity index (χ3v) is 13.7. The number of amides is 1. The van der Waals surface area contributed by atoms with Gasteiger partial charge in [-0.15, -0.1) is 0 Å². The average molecular weight is 931 g/mol. The highest BCUT2D eigenvalue weighted by Crippen LogP contribution is 2.17. The number of carbonyl (C=O) groups is 2. The smallest absolute Gasteiger partial charge is 0.305 e. The number of hydrogen-bond donors (Lipinski definition) is 3. The molecular formula is C60H115NO5. The molecule has 0 saturated carbocycles. The summed E-state index contributed by atoms with van der Waals surface area (Å²) >= 11 is 0. The maximum Gasteiger partial charge on any atom is 0.305 e. The lowest BCUT2D eigenvalue weighted by molar-refractivity contribution is -0.143. The van der Waals surface area contributed by atoms with Gasteiger partial charge in [0.1, 0.15) is 0 Å². The molecular weight excluding hydrogens is 815 g/mol. The number of unbranched alkanes of at least 4 members (excludes halogenated alkanes) is 42. The lowest BCUT2D eigenvalue weighted by Gasteiger charge is -2.20. The number of hydrogen-bond acceptors (Lipinski definition) is 5. The predicted molar refractivity (Wildman–Crippen MR) is 287 cm³/mol. The highest BCUT2D eigenvalue weighted by atomic mass is 16.5. The van der Waals surface area contributed by atoms with Crippen LogP contribution in [0.25, 0.3) is 0 Å². The van der Waals surface area contributed by atoms with Gasteiger partial charge < -0.3 is 20.3 Å². The molecule has 1 amide bonds. The van der Waals surface area contributed by atoms with Crippen LogP contribution < -0.4 is 5.32 Å². The van der Waals surface area contributed by atoms with Gasteiger partial charge >= 0.3 is 5.97 Å². The maximum atomic E-state index is 12.4. The van der Waals surface area contributed by atoms with E-state index in [1.54, 1.807) is 6.08 Å². The summed E-state index contributed by atoms with van der Waals surface area (Å²) in [6.07, 6.45) is 67.8. The molecule has 0 aliphatic carbocycles. The van der Waals surface area contributed by atoms with Crippen molar-refractivity contribution in [1.82, 2.24) is 5.32 Å². The van der Waals surface area contributed by atoms with E-state index < -0.39 is 12.1 Å². The molecule has 390 valence electrons. The number of esters is 1. The molecule has 0 radical (unpaired) electrons. The molecule has 0 bridgehead atoms. The van der Waals surface area contributed by atoms with E-state index >= 15 is 0 Å². The normalized spacial score (nSPS) is 12.7. The summed E-state index contributed by atoms with van der Waals surface area (Å²) in [6, 6.07) is -0.629. The summed E-state index contributed by atoms with van der Waals surface area (Å²) in [5.74, 6) is -0.0654. The van der Waals surface area contributed by atoms with Gasteiger partial charge in [-0.1, -0.05) is 276 Å². The first-order chi connectivity index (χ1) is 32.5. The van der Waals surface area contributed by atoms with Crippen LogP contribution in [0.2, 0.25) is 0 Å². The SMILES string of the molecule is CCCCCCCCC/C=C\CCCCCCCCCC(=O)OCCCCCCCCCCCCCCCCCCCCCC(=O)NC(CO)C(O)/C=C/CCCCCCCCCCCC. The molecule has 0 saturated heterocycles. The lowest BCUT2D eigenvalue weighted by Crippen LogP contribution is -2.45. The van der Waals surface area contributed by atoms with Crippen molar-refractivity contribution in [3.8, 4) is 0 Å². The van der Waals surface area contributed by atoms with Gasteiger partial charge in [-0.3, -0.25) is 9.59 Å². The Kier molecular flexibility index (Phi) is 54.5. The highest BCUT2D eigenvalue weighted by molar-refractivity contribution is 5.76. The quantitative estimate of drug-likeness (QED) is 0.0321. The van der Waals surface area contributed by atoms with Gasteiger partial charge in [0.05, 0.1) is 25.4 Å². The van der Waals surface area contributed by atoms with Crippen LogP contribution in [0.15, 0.2) is 24.3 Å². The van der Waals surface area contributed by atoms with Crippen molar-refractivity contribution in [2.24, 2.45) is 0 Å². The van der Waals surface area contributed by atoms with E-state index in [4.69, 9.17) is 4.74 Å². The van der Waals surface area contributed by atoms with Gasteiger partial charge in [-0.25, -0.2) is 0 Å². The number of carbonyl (C=O) groups excluding carboxylic acids is 2. The van der Waals surface area contributed by atoms with Crippen LogP contribution in [-0.4, -0.2) is 47.4 Å². The molecule has 0 aromatic carbocycles. The van der Waals surface area contributed by atoms with E-state index in [0.717, 1.165) is 44.9 Å². The zero-order valence-electron chi connectivity index (χ0n) is 44.4. The van der Waals surface area contributed by atoms with Crippen molar-refractivity contribution in [1.29, 1.82) is 0 Å². The second-order valence-corrected chi connectivity index (χ2v) is 20.3. The molecule has 2 atom stereocenters. The van der Waals surface area contributed by atoms with Crippen molar-refractivity contribution in [3.63, 3.8) is 0 Å². The number of rotatable bonds is 55. The van der Waals surface area contributed by atoms with E-state index in [9.17, 15) is 19.8 Å². The second kappa shape index (κ2) is 55.9. The highest BCUT2D eigenvalue weighted by Gasteiger charge is 2.18. The van der Waals surface area contributed by atoms with E-state index in [2.05, 4.69) is 31.3 Å². The molecule has 2 unspecified atom stereocenters. The molecule has 0 aliphatic rings. The Morgan fingerprint density at radius 3 is 1.08 bits per heavy atom. The minimum atomic E-state index is -0.845. The fraction of sp³-hybridized carbons (Fsp3) is 0.900. The molecule has 0 heterocycles. The molecule has 0 rings (SSSR count). The number of aliphatic hydroxyl groups excluding tert-OH is 2. The van der Waals surface area contributed by atoms with E-state index in [0.29, 0.717) is 19.4 Å². The molecule has 6 heteroatoms. The number of ether oxygens (including phenoxy) is 1. The zero-order chi connectivity index (χ0) is 47.9. The first-order valence-corrected chi connectivity index (χ1v) is 29.6. The molecule has 0 spiro atoms. The summed E-state index contributed by atoms with van der Waals surface area (Å²) in [6.45, 7) is 4.90. The number of nitrogens with one attached hydrogen (secondary N) is 1. The fourth-order valence-corrected chi connectivity index (χ4v) is 9.16. The van der Waals surface area contributed by atoms with Gasteiger partial charge in [0, 0.05) is 12.8 Å². The zero-order valence-corrected chi connectivity index (χ0v) is 44.4. The van der Waals surface area contributed by atoms with E-state index in [1.807, 2.05) is 6.08 Å². The molecule has 6 nitrogen and oxygen atoms in total. The van der Waals surface area contributed by atoms with Gasteiger partial charge in [0.15, 0.2) is 0 Å². The van der Waals surface area contributed by atoms with E-state index in [-0.39, 0.29) is 18.5 Å². The van der Waals surface area contributed by atoms with Crippen LogP contribution in [0.3, 0.4) is 0 Å². The van der Waals surface area contributed by atoms with Crippen LogP contribution in [-0.2, 0) is 14.3 Å². The third-order valence-electron chi connectivity index (χ3n) is 13.7. The summed E-state index contributed by atoms with van der Waals surface area (Å²) < 4.78 is 5.49. The Hall–Kier alpha value is -1.66. The van der Waals surface area contributed by atoms with Gasteiger partial charge in [-0.05, 0) is 57.8 Å². The van der Waals surface area contributed by atoms with Crippen molar-refractivity contribution in [3.05, 3.63) is 24.3 Å². The van der Waals surface area contributed by atoms with E-state index in [1.165, 1.54) is 250 Å². The lowest BCUT2D eigenvalue weighted by atomic mass is 10.0. The summed E-state index contributed by atoms with van der Waals surface area (Å²) in [5, 5.41) is 23.0. The molecule has 0 aromatic heterocycles. The molecule has 3 N–H and O–H groups in total. The third kappa shape index (κ3) is 51.7. The van der Waals surface area contributed by atoms with Crippen LogP contribution in [0.4, 0.5) is 0 Å². The topological polar surface area (TPSA) is 95.9 Å². The van der Waals surface area contributed by atoms with Crippen LogP contribution >= 0.6 is 0 Å². The average Bonchev–Trinajstić information content (AvgIpc) is 3.32. The van der Waals surface area contributed by atoms with Gasteiger partial charge in [0.25, 0.3) is 0 Å². The predicted octanol–water partition coefficient (Wildman–Crippen LogP) is 18.2. The summed E-state index contributed by atoms with van der Waals surface area (Å²) in [7, 11) is 0. The minimum absolute atomic E-state index is 0.00550. The first-order valence-electron chi connectivity index (χ1n) is 29.6. The van der Waals surface area contributed by atoms with Crippen molar-refractivity contribution in [2.75, 3.05) is 13.2 Å². The summed E-state index contributed by atoms with van der Waals surface area (Å²) in [5.41, 5.74) is 0. The minimum Gasteiger partial charge on any atom is -0.466 e. The van der Waals surface area contributed by atoms with Crippen molar-refractivity contribution in [2.45, 2.75) is 334 Å². The Balaban J connectivity index is 3.39. The number of aliphatic hydroxyl groups is 2. The Bertz CT molecular complexity index is 1030. The summed E-state index contributed by atoms with van der Waals surface area (Å²) in [4.78, 5) is 24.5. The van der Waals surface area contributed by atoms with Gasteiger partial charge in [0.2, 0.25) is 5.91 Å². The Morgan fingerprint density at radius 2 is 0.712 bits per heavy atom.